The zero-order valence-electron chi connectivity index (χ0n) is 8.04. The van der Waals surface area contributed by atoms with E-state index in [-0.39, 0.29) is 17.3 Å². The van der Waals surface area contributed by atoms with E-state index in [4.69, 9.17) is 6.42 Å². The summed E-state index contributed by atoms with van der Waals surface area (Å²) >= 11 is -0.343. The van der Waals surface area contributed by atoms with Crippen LogP contribution in [0.3, 0.4) is 0 Å². The lowest BCUT2D eigenvalue weighted by molar-refractivity contribution is -0.0327. The Kier molecular flexibility index (Phi) is 4.02. The maximum Gasteiger partial charge on any atom is 0.442 e. The molecule has 0 radical (unpaired) electrons. The van der Waals surface area contributed by atoms with Crippen LogP contribution < -0.4 is 0 Å². The molecule has 5 heteroatoms. The van der Waals surface area contributed by atoms with E-state index in [1.165, 1.54) is 24.3 Å². The smallest absolute Gasteiger partial charge is 0.293 e. The molecule has 1 nitrogen and oxygen atoms in total. The van der Waals surface area contributed by atoms with E-state index < -0.39 is 17.0 Å². The summed E-state index contributed by atoms with van der Waals surface area (Å²) in [5.74, 6) is 1.18. The molecule has 84 valence electrons. The Bertz CT molecular complexity index is 414. The summed E-state index contributed by atoms with van der Waals surface area (Å²) < 4.78 is 35.5. The number of thioether (sulfide) groups is 1. The fraction of sp³-hybridized carbons (Fsp3) is 0.182. The molecule has 16 heavy (non-hydrogen) atoms. The van der Waals surface area contributed by atoms with Crippen molar-refractivity contribution in [2.75, 3.05) is 5.75 Å². The fourth-order valence-electron chi connectivity index (χ4n) is 0.983. The second-order valence-electron chi connectivity index (χ2n) is 2.88. The van der Waals surface area contributed by atoms with Crippen molar-refractivity contribution in [1.29, 1.82) is 0 Å². The molecule has 0 aliphatic carbocycles. The van der Waals surface area contributed by atoms with Gasteiger partial charge in [0.2, 0.25) is 0 Å². The van der Waals surface area contributed by atoms with Gasteiger partial charge in [0.15, 0.2) is 5.78 Å². The van der Waals surface area contributed by atoms with Crippen LogP contribution in [0.15, 0.2) is 24.3 Å². The van der Waals surface area contributed by atoms with Crippen LogP contribution >= 0.6 is 11.8 Å². The molecule has 0 saturated carbocycles. The Morgan fingerprint density at radius 3 is 2.31 bits per heavy atom. The molecule has 0 unspecified atom stereocenters. The first-order valence-corrected chi connectivity index (χ1v) is 5.21. The van der Waals surface area contributed by atoms with Gasteiger partial charge in [0, 0.05) is 11.1 Å². The summed E-state index contributed by atoms with van der Waals surface area (Å²) in [6, 6.07) is 5.89. The van der Waals surface area contributed by atoms with Crippen molar-refractivity contribution in [3.8, 4) is 12.3 Å². The minimum atomic E-state index is -4.38. The second kappa shape index (κ2) is 5.08. The largest absolute Gasteiger partial charge is 0.442 e. The van der Waals surface area contributed by atoms with E-state index in [9.17, 15) is 18.0 Å². The van der Waals surface area contributed by atoms with Crippen molar-refractivity contribution in [1.82, 2.24) is 0 Å². The Morgan fingerprint density at radius 1 is 1.31 bits per heavy atom. The molecule has 0 aliphatic rings. The van der Waals surface area contributed by atoms with E-state index in [0.29, 0.717) is 5.56 Å². The Labute approximate surface area is 95.0 Å². The van der Waals surface area contributed by atoms with Gasteiger partial charge in [0.25, 0.3) is 0 Å². The average molecular weight is 244 g/mol. The van der Waals surface area contributed by atoms with Gasteiger partial charge < -0.3 is 0 Å². The number of hydrogen-bond donors (Lipinski definition) is 0. The summed E-state index contributed by atoms with van der Waals surface area (Å²) in [6.45, 7) is 0. The number of carbonyl (C=O) groups excluding carboxylic acids is 1. The van der Waals surface area contributed by atoms with Crippen LogP contribution in [0.4, 0.5) is 13.2 Å². The lowest BCUT2D eigenvalue weighted by atomic mass is 10.1. The first-order valence-electron chi connectivity index (χ1n) is 4.23. The predicted molar refractivity (Wildman–Crippen MR) is 57.2 cm³/mol. The lowest BCUT2D eigenvalue weighted by Crippen LogP contribution is -2.09. The maximum atomic E-state index is 11.8. The molecule has 0 aliphatic heterocycles. The monoisotopic (exact) mass is 244 g/mol. The molecule has 0 fully saturated rings. The third-order valence-corrected chi connectivity index (χ3v) is 2.47. The van der Waals surface area contributed by atoms with Crippen LogP contribution in [0.2, 0.25) is 0 Å². The highest BCUT2D eigenvalue weighted by molar-refractivity contribution is 8.00. The zero-order chi connectivity index (χ0) is 12.2. The Morgan fingerprint density at radius 2 is 1.88 bits per heavy atom. The summed E-state index contributed by atoms with van der Waals surface area (Å²) in [6.07, 6.45) is 5.10. The number of alkyl halides is 3. The quantitative estimate of drug-likeness (QED) is 0.600. The molecule has 0 amide bonds. The molecule has 1 aromatic carbocycles. The van der Waals surface area contributed by atoms with Crippen LogP contribution in [-0.2, 0) is 0 Å². The van der Waals surface area contributed by atoms with Crippen molar-refractivity contribution >= 4 is 17.5 Å². The van der Waals surface area contributed by atoms with Crippen LogP contribution in [0.25, 0.3) is 0 Å². The molecule has 0 bridgehead atoms. The van der Waals surface area contributed by atoms with E-state index in [2.05, 4.69) is 5.92 Å². The molecule has 0 spiro atoms. The van der Waals surface area contributed by atoms with Gasteiger partial charge in [0.05, 0.1) is 5.75 Å². The SMILES string of the molecule is C#Cc1ccc(C(=O)CSC(F)(F)F)cc1. The number of rotatable bonds is 3. The fourth-order valence-corrected chi connectivity index (χ4v) is 1.44. The van der Waals surface area contributed by atoms with Gasteiger partial charge in [-0.3, -0.25) is 4.79 Å². The summed E-state index contributed by atoms with van der Waals surface area (Å²) in [5, 5.41) is 0. The molecular formula is C11H7F3OS. The van der Waals surface area contributed by atoms with Crippen molar-refractivity contribution in [3.05, 3.63) is 35.4 Å². The maximum absolute atomic E-state index is 11.8. The molecule has 0 aromatic heterocycles. The number of ketones is 1. The highest BCUT2D eigenvalue weighted by Crippen LogP contribution is 2.30. The van der Waals surface area contributed by atoms with E-state index >= 15 is 0 Å². The normalized spacial score (nSPS) is 10.9. The van der Waals surface area contributed by atoms with Crippen LogP contribution in [-0.4, -0.2) is 17.0 Å². The zero-order valence-corrected chi connectivity index (χ0v) is 8.86. The highest BCUT2D eigenvalue weighted by atomic mass is 32.2. The number of halogens is 3. The number of hydrogen-bond acceptors (Lipinski definition) is 2. The van der Waals surface area contributed by atoms with Crippen LogP contribution in [0.1, 0.15) is 15.9 Å². The van der Waals surface area contributed by atoms with Gasteiger partial charge in [-0.2, -0.15) is 13.2 Å². The lowest BCUT2D eigenvalue weighted by Gasteiger charge is -2.04. The molecule has 0 heterocycles. The Hall–Kier alpha value is -1.41. The van der Waals surface area contributed by atoms with Crippen molar-refractivity contribution in [3.63, 3.8) is 0 Å². The van der Waals surface area contributed by atoms with Crippen LogP contribution in [0, 0.1) is 12.3 Å². The number of carbonyl (C=O) groups is 1. The third-order valence-electron chi connectivity index (χ3n) is 1.74. The third kappa shape index (κ3) is 3.99. The highest BCUT2D eigenvalue weighted by Gasteiger charge is 2.29. The van der Waals surface area contributed by atoms with Gasteiger partial charge in [0.1, 0.15) is 0 Å². The van der Waals surface area contributed by atoms with Gasteiger partial charge in [-0.15, -0.1) is 6.42 Å². The van der Waals surface area contributed by atoms with E-state index in [0.717, 1.165) is 0 Å². The number of terminal acetylenes is 1. The molecule has 0 N–H and O–H groups in total. The first-order chi connectivity index (χ1) is 7.42. The molecule has 0 atom stereocenters. The van der Waals surface area contributed by atoms with E-state index in [1.807, 2.05) is 0 Å². The molecule has 1 rings (SSSR count). The molecule has 1 aromatic rings. The predicted octanol–water partition coefficient (Wildman–Crippen LogP) is 3.10. The average Bonchev–Trinajstić information content (AvgIpc) is 2.25. The van der Waals surface area contributed by atoms with Crippen molar-refractivity contribution in [2.24, 2.45) is 0 Å². The van der Waals surface area contributed by atoms with Crippen molar-refractivity contribution < 1.29 is 18.0 Å². The van der Waals surface area contributed by atoms with Gasteiger partial charge in [-0.05, 0) is 23.9 Å². The first kappa shape index (κ1) is 12.7. The summed E-state index contributed by atoms with van der Waals surface area (Å²) in [4.78, 5) is 11.3. The number of benzene rings is 1. The summed E-state index contributed by atoms with van der Waals surface area (Å²) in [7, 11) is 0. The minimum absolute atomic E-state index is 0.232. The Balaban J connectivity index is 2.64. The second-order valence-corrected chi connectivity index (χ2v) is 3.92. The molecular weight excluding hydrogens is 237 g/mol. The van der Waals surface area contributed by atoms with Gasteiger partial charge in [-0.1, -0.05) is 18.1 Å². The molecule has 0 saturated heterocycles. The number of Topliss-reactive ketones (excluding diaryl/α,β-unsaturated/α-hetero) is 1. The van der Waals surface area contributed by atoms with E-state index in [1.54, 1.807) is 0 Å². The summed E-state index contributed by atoms with van der Waals surface area (Å²) in [5.41, 5.74) is -3.57. The van der Waals surface area contributed by atoms with Gasteiger partial charge >= 0.3 is 5.51 Å². The minimum Gasteiger partial charge on any atom is -0.293 e. The van der Waals surface area contributed by atoms with Gasteiger partial charge in [-0.25, -0.2) is 0 Å². The topological polar surface area (TPSA) is 17.1 Å². The van der Waals surface area contributed by atoms with Crippen molar-refractivity contribution in [2.45, 2.75) is 5.51 Å². The standard InChI is InChI=1S/C11H7F3OS/c1-2-8-3-5-9(6-4-8)10(15)7-16-11(12,13)14/h1,3-6H,7H2. The van der Waals surface area contributed by atoms with Crippen LogP contribution in [0.5, 0.6) is 0 Å².